The summed E-state index contributed by atoms with van der Waals surface area (Å²) in [4.78, 5) is 0. The van der Waals surface area contributed by atoms with Crippen LogP contribution in [0.4, 0.5) is 4.39 Å². The molecule has 1 rings (SSSR count). The number of rotatable bonds is 5. The standard InChI is InChI=1S/C13H20FNO/c1-3-13(7-8-16,10(2)15)11-5-4-6-12(14)9-11/h4-6,9-10,16H,3,7-8,15H2,1-2H3. The molecule has 3 heteroatoms. The molecular weight excluding hydrogens is 205 g/mol. The van der Waals surface area contributed by atoms with Crippen LogP contribution in [-0.2, 0) is 5.41 Å². The van der Waals surface area contributed by atoms with Crippen LogP contribution in [-0.4, -0.2) is 17.8 Å². The van der Waals surface area contributed by atoms with Gasteiger partial charge in [0.25, 0.3) is 0 Å². The molecule has 16 heavy (non-hydrogen) atoms. The van der Waals surface area contributed by atoms with Gasteiger partial charge >= 0.3 is 0 Å². The molecule has 0 radical (unpaired) electrons. The van der Waals surface area contributed by atoms with Gasteiger partial charge < -0.3 is 10.8 Å². The van der Waals surface area contributed by atoms with Crippen molar-refractivity contribution in [3.8, 4) is 0 Å². The lowest BCUT2D eigenvalue weighted by Crippen LogP contribution is -2.43. The van der Waals surface area contributed by atoms with E-state index in [0.717, 1.165) is 12.0 Å². The van der Waals surface area contributed by atoms with Gasteiger partial charge in [0.2, 0.25) is 0 Å². The summed E-state index contributed by atoms with van der Waals surface area (Å²) in [5, 5.41) is 9.16. The summed E-state index contributed by atoms with van der Waals surface area (Å²) >= 11 is 0. The first-order chi connectivity index (χ1) is 7.56. The first-order valence-corrected chi connectivity index (χ1v) is 5.69. The Hall–Kier alpha value is -0.930. The number of benzene rings is 1. The Morgan fingerprint density at radius 3 is 2.62 bits per heavy atom. The molecule has 0 saturated heterocycles. The number of halogens is 1. The lowest BCUT2D eigenvalue weighted by Gasteiger charge is -2.37. The molecule has 0 fully saturated rings. The van der Waals surface area contributed by atoms with E-state index in [0.29, 0.717) is 6.42 Å². The van der Waals surface area contributed by atoms with Gasteiger partial charge in [-0.3, -0.25) is 0 Å². The highest BCUT2D eigenvalue weighted by Gasteiger charge is 2.34. The minimum absolute atomic E-state index is 0.0614. The van der Waals surface area contributed by atoms with Gasteiger partial charge in [-0.05, 0) is 37.5 Å². The second-order valence-electron chi connectivity index (χ2n) is 4.28. The Bertz CT molecular complexity index is 340. The second kappa shape index (κ2) is 5.41. The van der Waals surface area contributed by atoms with Crippen molar-refractivity contribution in [2.45, 2.75) is 38.1 Å². The van der Waals surface area contributed by atoms with E-state index in [4.69, 9.17) is 10.8 Å². The highest BCUT2D eigenvalue weighted by molar-refractivity contribution is 5.28. The van der Waals surface area contributed by atoms with Crippen molar-refractivity contribution in [2.24, 2.45) is 5.73 Å². The van der Waals surface area contributed by atoms with Crippen LogP contribution in [0, 0.1) is 5.82 Å². The first-order valence-electron chi connectivity index (χ1n) is 5.69. The SMILES string of the molecule is CCC(CCO)(c1cccc(F)c1)C(C)N. The molecule has 2 unspecified atom stereocenters. The molecule has 0 bridgehead atoms. The predicted octanol–water partition coefficient (Wildman–Crippen LogP) is 2.20. The van der Waals surface area contributed by atoms with Crippen molar-refractivity contribution in [1.29, 1.82) is 0 Å². The molecule has 0 aliphatic carbocycles. The van der Waals surface area contributed by atoms with Crippen molar-refractivity contribution in [2.75, 3.05) is 6.61 Å². The lowest BCUT2D eigenvalue weighted by molar-refractivity contribution is 0.213. The normalized spacial score (nSPS) is 16.8. The molecule has 0 spiro atoms. The third-order valence-corrected chi connectivity index (χ3v) is 3.46. The van der Waals surface area contributed by atoms with Crippen LogP contribution in [0.25, 0.3) is 0 Å². The monoisotopic (exact) mass is 225 g/mol. The maximum Gasteiger partial charge on any atom is 0.123 e. The molecular formula is C13H20FNO. The molecule has 0 aromatic heterocycles. The number of aliphatic hydroxyl groups is 1. The Kier molecular flexibility index (Phi) is 4.44. The molecule has 90 valence electrons. The summed E-state index contributed by atoms with van der Waals surface area (Å²) in [6.45, 7) is 3.99. The van der Waals surface area contributed by atoms with Crippen LogP contribution in [0.3, 0.4) is 0 Å². The Morgan fingerprint density at radius 2 is 2.19 bits per heavy atom. The average Bonchev–Trinajstić information content (AvgIpc) is 2.25. The van der Waals surface area contributed by atoms with E-state index in [9.17, 15) is 4.39 Å². The van der Waals surface area contributed by atoms with Crippen LogP contribution in [0.5, 0.6) is 0 Å². The smallest absolute Gasteiger partial charge is 0.123 e. The van der Waals surface area contributed by atoms with Crippen molar-refractivity contribution >= 4 is 0 Å². The summed E-state index contributed by atoms with van der Waals surface area (Å²) < 4.78 is 13.2. The van der Waals surface area contributed by atoms with E-state index in [2.05, 4.69) is 0 Å². The largest absolute Gasteiger partial charge is 0.396 e. The summed E-state index contributed by atoms with van der Waals surface area (Å²) in [5.41, 5.74) is 6.55. The van der Waals surface area contributed by atoms with E-state index in [-0.39, 0.29) is 23.9 Å². The Labute approximate surface area is 96.3 Å². The van der Waals surface area contributed by atoms with Gasteiger partial charge in [-0.1, -0.05) is 19.1 Å². The van der Waals surface area contributed by atoms with Crippen molar-refractivity contribution < 1.29 is 9.50 Å². The summed E-state index contributed by atoms with van der Waals surface area (Å²) in [6, 6.07) is 6.39. The van der Waals surface area contributed by atoms with Crippen LogP contribution in [0.15, 0.2) is 24.3 Å². The maximum absolute atomic E-state index is 13.2. The lowest BCUT2D eigenvalue weighted by atomic mass is 9.71. The van der Waals surface area contributed by atoms with E-state index in [1.807, 2.05) is 19.9 Å². The zero-order chi connectivity index (χ0) is 12.2. The van der Waals surface area contributed by atoms with Crippen LogP contribution in [0.2, 0.25) is 0 Å². The van der Waals surface area contributed by atoms with E-state index in [1.165, 1.54) is 12.1 Å². The van der Waals surface area contributed by atoms with Gasteiger partial charge in [-0.25, -0.2) is 4.39 Å². The van der Waals surface area contributed by atoms with Crippen LogP contribution < -0.4 is 5.73 Å². The molecule has 0 heterocycles. The molecule has 0 saturated carbocycles. The number of hydrogen-bond acceptors (Lipinski definition) is 2. The third kappa shape index (κ3) is 2.42. The number of nitrogens with two attached hydrogens (primary N) is 1. The van der Waals surface area contributed by atoms with E-state index >= 15 is 0 Å². The molecule has 0 amide bonds. The highest BCUT2D eigenvalue weighted by atomic mass is 19.1. The second-order valence-corrected chi connectivity index (χ2v) is 4.28. The van der Waals surface area contributed by atoms with E-state index in [1.54, 1.807) is 6.07 Å². The minimum Gasteiger partial charge on any atom is -0.396 e. The average molecular weight is 225 g/mol. The summed E-state index contributed by atoms with van der Waals surface area (Å²) in [6.07, 6.45) is 1.35. The van der Waals surface area contributed by atoms with Gasteiger partial charge in [0.05, 0.1) is 0 Å². The number of hydrogen-bond donors (Lipinski definition) is 2. The number of aliphatic hydroxyl groups excluding tert-OH is 1. The quantitative estimate of drug-likeness (QED) is 0.807. The summed E-state index contributed by atoms with van der Waals surface area (Å²) in [7, 11) is 0. The molecule has 1 aromatic carbocycles. The van der Waals surface area contributed by atoms with Crippen molar-refractivity contribution in [3.05, 3.63) is 35.6 Å². The molecule has 3 N–H and O–H groups in total. The predicted molar refractivity (Wildman–Crippen MR) is 63.7 cm³/mol. The fourth-order valence-corrected chi connectivity index (χ4v) is 2.34. The van der Waals surface area contributed by atoms with Crippen LogP contribution >= 0.6 is 0 Å². The topological polar surface area (TPSA) is 46.2 Å². The van der Waals surface area contributed by atoms with Gasteiger partial charge in [0.1, 0.15) is 5.82 Å². The van der Waals surface area contributed by atoms with Crippen molar-refractivity contribution in [1.82, 2.24) is 0 Å². The highest BCUT2D eigenvalue weighted by Crippen LogP contribution is 2.34. The Morgan fingerprint density at radius 1 is 1.50 bits per heavy atom. The zero-order valence-electron chi connectivity index (χ0n) is 9.91. The van der Waals surface area contributed by atoms with Gasteiger partial charge in [-0.2, -0.15) is 0 Å². The first kappa shape index (κ1) is 13.1. The fourth-order valence-electron chi connectivity index (χ4n) is 2.34. The van der Waals surface area contributed by atoms with Crippen molar-refractivity contribution in [3.63, 3.8) is 0 Å². The molecule has 0 aliphatic heterocycles. The fraction of sp³-hybridized carbons (Fsp3) is 0.538. The zero-order valence-corrected chi connectivity index (χ0v) is 9.91. The van der Waals surface area contributed by atoms with Crippen LogP contribution in [0.1, 0.15) is 32.3 Å². The van der Waals surface area contributed by atoms with Gasteiger partial charge in [-0.15, -0.1) is 0 Å². The third-order valence-electron chi connectivity index (χ3n) is 3.46. The summed E-state index contributed by atoms with van der Waals surface area (Å²) in [5.74, 6) is -0.256. The molecule has 2 atom stereocenters. The van der Waals surface area contributed by atoms with Gasteiger partial charge in [0.15, 0.2) is 0 Å². The minimum atomic E-state index is -0.336. The molecule has 2 nitrogen and oxygen atoms in total. The Balaban J connectivity index is 3.18. The molecule has 1 aromatic rings. The molecule has 0 aliphatic rings. The maximum atomic E-state index is 13.2. The van der Waals surface area contributed by atoms with E-state index < -0.39 is 0 Å². The van der Waals surface area contributed by atoms with Gasteiger partial charge in [0, 0.05) is 18.1 Å².